The highest BCUT2D eigenvalue weighted by molar-refractivity contribution is 5.80. The van der Waals surface area contributed by atoms with Crippen LogP contribution in [0.3, 0.4) is 0 Å². The van der Waals surface area contributed by atoms with Gasteiger partial charge in [0.25, 0.3) is 0 Å². The average Bonchev–Trinajstić information content (AvgIpc) is 1.91. The van der Waals surface area contributed by atoms with Crippen LogP contribution in [0.5, 0.6) is 0 Å². The van der Waals surface area contributed by atoms with Gasteiger partial charge in [0.15, 0.2) is 0 Å². The second-order valence-electron chi connectivity index (χ2n) is 5.20. The molecule has 0 aromatic rings. The van der Waals surface area contributed by atoms with Gasteiger partial charge >= 0.3 is 0 Å². The molecule has 14 heavy (non-hydrogen) atoms. The molecule has 0 aromatic heterocycles. The maximum absolute atomic E-state index is 11.7. The Bertz CT molecular complexity index is 248. The van der Waals surface area contributed by atoms with Crippen LogP contribution in [0.1, 0.15) is 32.1 Å². The van der Waals surface area contributed by atoms with Gasteiger partial charge in [-0.05, 0) is 31.1 Å². The van der Waals surface area contributed by atoms with E-state index >= 15 is 0 Å². The molecule has 1 heterocycles. The highest BCUT2D eigenvalue weighted by atomic mass is 16.5. The van der Waals surface area contributed by atoms with Crippen molar-refractivity contribution in [2.75, 3.05) is 13.2 Å². The van der Waals surface area contributed by atoms with E-state index in [1.807, 2.05) is 0 Å². The predicted octanol–water partition coefficient (Wildman–Crippen LogP) is 1.08. The molecule has 78 valence electrons. The molecule has 1 spiro atoms. The number of nitrogens with one attached hydrogen (secondary N) is 1. The van der Waals surface area contributed by atoms with Crippen molar-refractivity contribution in [3.05, 3.63) is 0 Å². The van der Waals surface area contributed by atoms with Crippen molar-refractivity contribution < 1.29 is 9.53 Å². The summed E-state index contributed by atoms with van der Waals surface area (Å²) in [5.74, 6) is 0.590. The van der Waals surface area contributed by atoms with Crippen molar-refractivity contribution in [2.24, 2.45) is 11.3 Å². The Morgan fingerprint density at radius 2 is 2.00 bits per heavy atom. The van der Waals surface area contributed by atoms with Crippen LogP contribution in [0.4, 0.5) is 0 Å². The smallest absolute Gasteiger partial charge is 0.223 e. The molecule has 2 aliphatic carbocycles. The van der Waals surface area contributed by atoms with Crippen molar-refractivity contribution in [3.63, 3.8) is 0 Å². The Balaban J connectivity index is 1.45. The van der Waals surface area contributed by atoms with Crippen LogP contribution in [0.2, 0.25) is 0 Å². The van der Waals surface area contributed by atoms with E-state index in [1.54, 1.807) is 0 Å². The number of hydrogen-bond acceptors (Lipinski definition) is 2. The third kappa shape index (κ3) is 1.26. The van der Waals surface area contributed by atoms with Crippen molar-refractivity contribution in [2.45, 2.75) is 38.1 Å². The van der Waals surface area contributed by atoms with E-state index in [-0.39, 0.29) is 5.91 Å². The van der Waals surface area contributed by atoms with Crippen LogP contribution in [0.15, 0.2) is 0 Å². The van der Waals surface area contributed by atoms with Crippen LogP contribution in [-0.4, -0.2) is 25.2 Å². The monoisotopic (exact) mass is 195 g/mol. The van der Waals surface area contributed by atoms with Crippen molar-refractivity contribution in [1.82, 2.24) is 5.32 Å². The molecule has 0 radical (unpaired) electrons. The SMILES string of the molecule is O=C(NC1COC1)C1CC2(CCC2)C1. The lowest BCUT2D eigenvalue weighted by Crippen LogP contribution is -2.55. The Hall–Kier alpha value is -0.570. The molecule has 1 N–H and O–H groups in total. The fraction of sp³-hybridized carbons (Fsp3) is 0.909. The average molecular weight is 195 g/mol. The summed E-state index contributed by atoms with van der Waals surface area (Å²) in [6, 6.07) is 0.306. The molecule has 1 saturated heterocycles. The van der Waals surface area contributed by atoms with Crippen LogP contribution in [0, 0.1) is 11.3 Å². The Kier molecular flexibility index (Phi) is 1.84. The van der Waals surface area contributed by atoms with E-state index in [1.165, 1.54) is 19.3 Å². The van der Waals surface area contributed by atoms with E-state index in [9.17, 15) is 4.79 Å². The molecule has 3 nitrogen and oxygen atoms in total. The number of carbonyl (C=O) groups is 1. The second-order valence-corrected chi connectivity index (χ2v) is 5.20. The van der Waals surface area contributed by atoms with Gasteiger partial charge < -0.3 is 10.1 Å². The number of rotatable bonds is 2. The largest absolute Gasteiger partial charge is 0.377 e. The van der Waals surface area contributed by atoms with Gasteiger partial charge in [-0.3, -0.25) is 4.79 Å². The molecule has 3 aliphatic rings. The van der Waals surface area contributed by atoms with E-state index in [0.717, 1.165) is 12.8 Å². The van der Waals surface area contributed by atoms with Crippen LogP contribution in [0.25, 0.3) is 0 Å². The summed E-state index contributed by atoms with van der Waals surface area (Å²) in [6.07, 6.45) is 6.40. The molecule has 0 bridgehead atoms. The Labute approximate surface area is 84.2 Å². The molecule has 3 rings (SSSR count). The minimum absolute atomic E-state index is 0.274. The minimum atomic E-state index is 0.274. The Morgan fingerprint density at radius 3 is 2.43 bits per heavy atom. The molecular formula is C11H17NO2. The second kappa shape index (κ2) is 2.96. The molecule has 3 heteroatoms. The molecule has 0 aromatic carbocycles. The minimum Gasteiger partial charge on any atom is -0.377 e. The first-order valence-electron chi connectivity index (χ1n) is 5.66. The molecule has 1 aliphatic heterocycles. The van der Waals surface area contributed by atoms with E-state index < -0.39 is 0 Å². The molecule has 2 saturated carbocycles. The standard InChI is InChI=1S/C11H17NO2/c13-10(12-9-6-14-7-9)8-4-11(5-8)2-1-3-11/h8-9H,1-7H2,(H,12,13). The summed E-state index contributed by atoms with van der Waals surface area (Å²) in [7, 11) is 0. The summed E-state index contributed by atoms with van der Waals surface area (Å²) in [6.45, 7) is 1.42. The quantitative estimate of drug-likeness (QED) is 0.716. The highest BCUT2D eigenvalue weighted by Gasteiger charge is 2.50. The lowest BCUT2D eigenvalue weighted by atomic mass is 9.51. The van der Waals surface area contributed by atoms with Crippen molar-refractivity contribution >= 4 is 5.91 Å². The zero-order valence-corrected chi connectivity index (χ0v) is 8.42. The topological polar surface area (TPSA) is 38.3 Å². The van der Waals surface area contributed by atoms with Gasteiger partial charge in [-0.15, -0.1) is 0 Å². The van der Waals surface area contributed by atoms with Crippen LogP contribution >= 0.6 is 0 Å². The molecule has 0 atom stereocenters. The summed E-state index contributed by atoms with van der Waals surface area (Å²) in [5.41, 5.74) is 0.609. The highest BCUT2D eigenvalue weighted by Crippen LogP contribution is 2.58. The molecule has 3 fully saturated rings. The maximum Gasteiger partial charge on any atom is 0.223 e. The summed E-state index contributed by atoms with van der Waals surface area (Å²) in [5, 5.41) is 3.04. The van der Waals surface area contributed by atoms with Gasteiger partial charge in [-0.25, -0.2) is 0 Å². The normalized spacial score (nSPS) is 30.3. The zero-order valence-electron chi connectivity index (χ0n) is 8.42. The van der Waals surface area contributed by atoms with Crippen molar-refractivity contribution in [3.8, 4) is 0 Å². The van der Waals surface area contributed by atoms with E-state index in [0.29, 0.717) is 30.6 Å². The third-order valence-electron chi connectivity index (χ3n) is 4.13. The van der Waals surface area contributed by atoms with Gasteiger partial charge in [0, 0.05) is 5.92 Å². The summed E-state index contributed by atoms with van der Waals surface area (Å²) < 4.78 is 5.03. The predicted molar refractivity (Wildman–Crippen MR) is 51.8 cm³/mol. The molecule has 0 unspecified atom stereocenters. The summed E-state index contributed by atoms with van der Waals surface area (Å²) >= 11 is 0. The maximum atomic E-state index is 11.7. The van der Waals surface area contributed by atoms with Gasteiger partial charge in [0.05, 0.1) is 19.3 Å². The Morgan fingerprint density at radius 1 is 1.29 bits per heavy atom. The first kappa shape index (κ1) is 8.72. The third-order valence-corrected chi connectivity index (χ3v) is 4.13. The molecular weight excluding hydrogens is 178 g/mol. The van der Waals surface area contributed by atoms with E-state index in [4.69, 9.17) is 4.74 Å². The lowest BCUT2D eigenvalue weighted by molar-refractivity contribution is -0.140. The number of carbonyl (C=O) groups excluding carboxylic acids is 1. The number of amides is 1. The summed E-state index contributed by atoms with van der Waals surface area (Å²) in [4.78, 5) is 11.7. The number of hydrogen-bond donors (Lipinski definition) is 1. The fourth-order valence-electron chi connectivity index (χ4n) is 2.89. The van der Waals surface area contributed by atoms with Gasteiger partial charge in [0.2, 0.25) is 5.91 Å². The van der Waals surface area contributed by atoms with Crippen LogP contribution in [-0.2, 0) is 9.53 Å². The zero-order chi connectivity index (χ0) is 9.60. The fourth-order valence-corrected chi connectivity index (χ4v) is 2.89. The first-order valence-corrected chi connectivity index (χ1v) is 5.66. The van der Waals surface area contributed by atoms with Gasteiger partial charge in [0.1, 0.15) is 0 Å². The first-order chi connectivity index (χ1) is 6.77. The van der Waals surface area contributed by atoms with E-state index in [2.05, 4.69) is 5.32 Å². The van der Waals surface area contributed by atoms with Gasteiger partial charge in [-0.2, -0.15) is 0 Å². The van der Waals surface area contributed by atoms with Crippen LogP contribution < -0.4 is 5.32 Å². The molecule has 1 amide bonds. The lowest BCUT2D eigenvalue weighted by Gasteiger charge is -2.53. The van der Waals surface area contributed by atoms with Gasteiger partial charge in [-0.1, -0.05) is 6.42 Å². The van der Waals surface area contributed by atoms with Crippen molar-refractivity contribution in [1.29, 1.82) is 0 Å². The number of ether oxygens (including phenoxy) is 1.